The van der Waals surface area contributed by atoms with Crippen LogP contribution in [0.4, 0.5) is 8.78 Å². The van der Waals surface area contributed by atoms with Crippen LogP contribution in [0.15, 0.2) is 34.8 Å². The number of benzene rings is 2. The fourth-order valence-electron chi connectivity index (χ4n) is 1.95. The Kier molecular flexibility index (Phi) is 4.41. The molecule has 0 aromatic heterocycles. The van der Waals surface area contributed by atoms with E-state index >= 15 is 0 Å². The maximum absolute atomic E-state index is 13.8. The highest BCUT2D eigenvalue weighted by atomic mass is 79.9. The Bertz CT molecular complexity index is 624. The molecule has 0 aliphatic rings. The van der Waals surface area contributed by atoms with Gasteiger partial charge >= 0.3 is 0 Å². The summed E-state index contributed by atoms with van der Waals surface area (Å²) in [7, 11) is 0. The molecule has 4 heteroatoms. The van der Waals surface area contributed by atoms with Crippen LogP contribution in [0.2, 0.25) is 0 Å². The van der Waals surface area contributed by atoms with E-state index in [0.717, 1.165) is 27.2 Å². The largest absolute Gasteiger partial charge is 0.207 e. The van der Waals surface area contributed by atoms with E-state index in [0.29, 0.717) is 5.56 Å². The van der Waals surface area contributed by atoms with Crippen molar-refractivity contribution < 1.29 is 8.78 Å². The van der Waals surface area contributed by atoms with Crippen LogP contribution in [0.5, 0.6) is 0 Å². The third-order valence-corrected chi connectivity index (χ3v) is 4.90. The monoisotopic (exact) mass is 388 g/mol. The topological polar surface area (TPSA) is 0 Å². The fourth-order valence-corrected chi connectivity index (χ4v) is 3.27. The summed E-state index contributed by atoms with van der Waals surface area (Å²) in [6, 6.07) is 7.65. The second-order valence-electron chi connectivity index (χ2n) is 4.49. The molecule has 2 rings (SSSR count). The Labute approximate surface area is 128 Å². The molecular weight excluding hydrogens is 378 g/mol. The van der Waals surface area contributed by atoms with Crippen LogP contribution in [0, 0.1) is 25.5 Å². The highest BCUT2D eigenvalue weighted by molar-refractivity contribution is 9.10. The first-order valence-corrected chi connectivity index (χ1v) is 7.46. The van der Waals surface area contributed by atoms with Crippen LogP contribution in [-0.4, -0.2) is 0 Å². The lowest BCUT2D eigenvalue weighted by molar-refractivity contribution is 0.574. The van der Waals surface area contributed by atoms with Gasteiger partial charge in [0.2, 0.25) is 0 Å². The van der Waals surface area contributed by atoms with Crippen molar-refractivity contribution in [2.45, 2.75) is 18.7 Å². The van der Waals surface area contributed by atoms with E-state index in [-0.39, 0.29) is 4.83 Å². The van der Waals surface area contributed by atoms with E-state index in [2.05, 4.69) is 31.9 Å². The molecule has 0 aliphatic carbocycles. The molecule has 0 radical (unpaired) electrons. The van der Waals surface area contributed by atoms with Crippen LogP contribution in [0.25, 0.3) is 0 Å². The Morgan fingerprint density at radius 3 is 2.26 bits per heavy atom. The van der Waals surface area contributed by atoms with E-state index in [9.17, 15) is 8.78 Å². The van der Waals surface area contributed by atoms with E-state index in [1.54, 1.807) is 0 Å². The minimum Gasteiger partial charge on any atom is -0.207 e. The molecule has 0 heterocycles. The number of aryl methyl sites for hydroxylation is 2. The summed E-state index contributed by atoms with van der Waals surface area (Å²) in [5.74, 6) is -1.11. The first-order valence-electron chi connectivity index (χ1n) is 5.76. The summed E-state index contributed by atoms with van der Waals surface area (Å²) in [4.78, 5) is -0.292. The van der Waals surface area contributed by atoms with Gasteiger partial charge < -0.3 is 0 Å². The molecule has 1 atom stereocenters. The minimum absolute atomic E-state index is 0.292. The van der Waals surface area contributed by atoms with E-state index in [1.807, 2.05) is 26.0 Å². The van der Waals surface area contributed by atoms with Gasteiger partial charge in [-0.25, -0.2) is 8.78 Å². The molecule has 0 amide bonds. The van der Waals surface area contributed by atoms with Crippen molar-refractivity contribution in [2.24, 2.45) is 0 Å². The second kappa shape index (κ2) is 5.71. The lowest BCUT2D eigenvalue weighted by Gasteiger charge is -2.16. The number of alkyl halides is 1. The van der Waals surface area contributed by atoms with Crippen molar-refractivity contribution in [3.05, 3.63) is 68.7 Å². The Hall–Kier alpha value is -0.740. The van der Waals surface area contributed by atoms with Crippen molar-refractivity contribution >= 4 is 31.9 Å². The lowest BCUT2D eigenvalue weighted by Crippen LogP contribution is -2.00. The van der Waals surface area contributed by atoms with Gasteiger partial charge in [0.1, 0.15) is 11.6 Å². The zero-order valence-electron chi connectivity index (χ0n) is 10.5. The van der Waals surface area contributed by atoms with Crippen molar-refractivity contribution in [1.82, 2.24) is 0 Å². The second-order valence-corrected chi connectivity index (χ2v) is 6.26. The normalized spacial score (nSPS) is 12.5. The van der Waals surface area contributed by atoms with E-state index in [4.69, 9.17) is 0 Å². The third kappa shape index (κ3) is 3.06. The van der Waals surface area contributed by atoms with Crippen LogP contribution < -0.4 is 0 Å². The molecule has 1 unspecified atom stereocenters. The number of hydrogen-bond acceptors (Lipinski definition) is 0. The standard InChI is InChI=1S/C15H12Br2F2/c1-8-6-13(16)9(2)5-12(8)15(17)11-4-3-10(18)7-14(11)19/h3-7,15H,1-2H3. The van der Waals surface area contributed by atoms with Gasteiger partial charge in [0, 0.05) is 16.1 Å². The highest BCUT2D eigenvalue weighted by Crippen LogP contribution is 2.36. The fraction of sp³-hybridized carbons (Fsp3) is 0.200. The molecule has 0 bridgehead atoms. The van der Waals surface area contributed by atoms with Gasteiger partial charge in [-0.2, -0.15) is 0 Å². The van der Waals surface area contributed by atoms with Gasteiger partial charge in [-0.05, 0) is 42.7 Å². The van der Waals surface area contributed by atoms with Gasteiger partial charge in [0.05, 0.1) is 4.83 Å². The molecule has 0 saturated carbocycles. The molecule has 19 heavy (non-hydrogen) atoms. The Morgan fingerprint density at radius 1 is 0.947 bits per heavy atom. The molecule has 0 saturated heterocycles. The average Bonchev–Trinajstić information content (AvgIpc) is 2.33. The van der Waals surface area contributed by atoms with Gasteiger partial charge in [0.25, 0.3) is 0 Å². The predicted octanol–water partition coefficient (Wildman–Crippen LogP) is 5.83. The third-order valence-electron chi connectivity index (χ3n) is 3.06. The molecular formula is C15H12Br2F2. The molecule has 0 aliphatic heterocycles. The molecule has 100 valence electrons. The average molecular weight is 390 g/mol. The number of rotatable bonds is 2. The van der Waals surface area contributed by atoms with Gasteiger partial charge in [0.15, 0.2) is 0 Å². The maximum atomic E-state index is 13.8. The first-order chi connectivity index (χ1) is 8.90. The smallest absolute Gasteiger partial charge is 0.130 e. The molecule has 0 fully saturated rings. The minimum atomic E-state index is -0.565. The van der Waals surface area contributed by atoms with Crippen LogP contribution in [0.3, 0.4) is 0 Å². The summed E-state index contributed by atoms with van der Waals surface area (Å²) >= 11 is 6.97. The zero-order valence-corrected chi connectivity index (χ0v) is 13.6. The summed E-state index contributed by atoms with van der Waals surface area (Å²) in [5.41, 5.74) is 3.54. The van der Waals surface area contributed by atoms with E-state index < -0.39 is 11.6 Å². The number of hydrogen-bond donors (Lipinski definition) is 0. The maximum Gasteiger partial charge on any atom is 0.130 e. The van der Waals surface area contributed by atoms with E-state index in [1.165, 1.54) is 12.1 Å². The first kappa shape index (κ1) is 14.7. The molecule has 0 N–H and O–H groups in total. The molecule has 0 spiro atoms. The van der Waals surface area contributed by atoms with Crippen molar-refractivity contribution in [3.63, 3.8) is 0 Å². The molecule has 2 aromatic rings. The summed E-state index contributed by atoms with van der Waals surface area (Å²) in [6.07, 6.45) is 0. The van der Waals surface area contributed by atoms with Crippen molar-refractivity contribution in [3.8, 4) is 0 Å². The van der Waals surface area contributed by atoms with Crippen LogP contribution >= 0.6 is 31.9 Å². The molecule has 0 nitrogen and oxygen atoms in total. The van der Waals surface area contributed by atoms with Crippen molar-refractivity contribution in [1.29, 1.82) is 0 Å². The van der Waals surface area contributed by atoms with Crippen molar-refractivity contribution in [2.75, 3.05) is 0 Å². The highest BCUT2D eigenvalue weighted by Gasteiger charge is 2.18. The van der Waals surface area contributed by atoms with Crippen LogP contribution in [0.1, 0.15) is 27.1 Å². The van der Waals surface area contributed by atoms with Gasteiger partial charge in [-0.1, -0.05) is 44.0 Å². The van der Waals surface area contributed by atoms with Gasteiger partial charge in [-0.3, -0.25) is 0 Å². The SMILES string of the molecule is Cc1cc(C(Br)c2ccc(F)cc2F)c(C)cc1Br. The quantitative estimate of drug-likeness (QED) is 0.567. The zero-order chi connectivity index (χ0) is 14.2. The van der Waals surface area contributed by atoms with Gasteiger partial charge in [-0.15, -0.1) is 0 Å². The lowest BCUT2D eigenvalue weighted by atomic mass is 9.98. The predicted molar refractivity (Wildman–Crippen MR) is 80.7 cm³/mol. The Morgan fingerprint density at radius 2 is 1.63 bits per heavy atom. The molecule has 2 aromatic carbocycles. The number of halogens is 4. The Balaban J connectivity index is 2.49. The summed E-state index contributed by atoms with van der Waals surface area (Å²) in [5, 5.41) is 0. The van der Waals surface area contributed by atoms with Crippen LogP contribution in [-0.2, 0) is 0 Å². The summed E-state index contributed by atoms with van der Waals surface area (Å²) < 4.78 is 27.8. The summed E-state index contributed by atoms with van der Waals surface area (Å²) in [6.45, 7) is 3.95.